The molecule has 9 nitrogen and oxygen atoms in total. The number of rotatable bonds is 7. The zero-order valence-electron chi connectivity index (χ0n) is 21.4. The van der Waals surface area contributed by atoms with E-state index in [1.807, 2.05) is 5.32 Å². The molecule has 1 aliphatic heterocycles. The Morgan fingerprint density at radius 2 is 1.76 bits per heavy atom. The van der Waals surface area contributed by atoms with Crippen LogP contribution in [0, 0.1) is 11.7 Å². The van der Waals surface area contributed by atoms with Crippen LogP contribution in [0.4, 0.5) is 46.9 Å². The van der Waals surface area contributed by atoms with Crippen molar-refractivity contribution >= 4 is 33.5 Å². The molecule has 2 aromatic carbocycles. The topological polar surface area (TPSA) is 122 Å². The Morgan fingerprint density at radius 1 is 1.12 bits per heavy atom. The first kappa shape index (κ1) is 31.8. The van der Waals surface area contributed by atoms with Gasteiger partial charge in [-0.25, -0.2) is 17.6 Å². The maximum absolute atomic E-state index is 13.9. The number of hydrogen-bond acceptors (Lipinski definition) is 6. The molecule has 2 aromatic rings. The molecule has 0 fully saturated rings. The number of ether oxygens (including phenoxy) is 2. The largest absolute Gasteiger partial charge is 0.486 e. The maximum atomic E-state index is 13.9. The SMILES string of the molecule is CC(CC1CN(S(=O)(=O)c2ccc(F)c(C(F)(F)F)c2)c2cc(NC(=O)OC(C)(C)C(F)(F)F)ccc2O1)C(=O)O. The van der Waals surface area contributed by atoms with Gasteiger partial charge in [0, 0.05) is 5.69 Å². The van der Waals surface area contributed by atoms with Gasteiger partial charge in [0.25, 0.3) is 10.0 Å². The molecule has 0 aliphatic carbocycles. The first-order valence-electron chi connectivity index (χ1n) is 11.6. The lowest BCUT2D eigenvalue weighted by Crippen LogP contribution is -2.45. The molecule has 0 bridgehead atoms. The van der Waals surface area contributed by atoms with Crippen molar-refractivity contribution in [3.05, 3.63) is 47.8 Å². The molecule has 17 heteroatoms. The number of sulfonamides is 1. The van der Waals surface area contributed by atoms with E-state index in [-0.39, 0.29) is 29.6 Å². The monoisotopic (exact) mass is 616 g/mol. The Kier molecular flexibility index (Phi) is 8.45. The highest BCUT2D eigenvalue weighted by molar-refractivity contribution is 7.92. The molecule has 0 aromatic heterocycles. The van der Waals surface area contributed by atoms with E-state index < -0.39 is 74.9 Å². The Balaban J connectivity index is 2.05. The average Bonchev–Trinajstić information content (AvgIpc) is 2.81. The van der Waals surface area contributed by atoms with Crippen LogP contribution in [0.5, 0.6) is 5.75 Å². The molecule has 0 saturated heterocycles. The molecule has 2 unspecified atom stereocenters. The van der Waals surface area contributed by atoms with Crippen LogP contribution in [0.3, 0.4) is 0 Å². The molecule has 41 heavy (non-hydrogen) atoms. The van der Waals surface area contributed by atoms with Gasteiger partial charge >= 0.3 is 24.4 Å². The molecule has 3 rings (SSSR count). The Morgan fingerprint density at radius 3 is 2.32 bits per heavy atom. The third kappa shape index (κ3) is 6.94. The first-order chi connectivity index (χ1) is 18.6. The summed E-state index contributed by atoms with van der Waals surface area (Å²) in [6.07, 6.45) is -13.1. The van der Waals surface area contributed by atoms with Crippen LogP contribution in [0.2, 0.25) is 0 Å². The molecule has 2 atom stereocenters. The summed E-state index contributed by atoms with van der Waals surface area (Å²) in [5.74, 6) is -4.18. The van der Waals surface area contributed by atoms with Crippen LogP contribution in [0.25, 0.3) is 0 Å². The van der Waals surface area contributed by atoms with E-state index in [0.717, 1.165) is 18.2 Å². The van der Waals surface area contributed by atoms with Crippen LogP contribution in [-0.2, 0) is 25.7 Å². The summed E-state index contributed by atoms with van der Waals surface area (Å²) in [6.45, 7) is 1.90. The summed E-state index contributed by atoms with van der Waals surface area (Å²) in [5, 5.41) is 11.3. The molecule has 0 radical (unpaired) electrons. The number of carboxylic acid groups (broad SMARTS) is 1. The van der Waals surface area contributed by atoms with E-state index >= 15 is 0 Å². The number of amides is 1. The van der Waals surface area contributed by atoms with Crippen LogP contribution < -0.4 is 14.4 Å². The number of carboxylic acids is 1. The van der Waals surface area contributed by atoms with E-state index in [1.165, 1.54) is 6.92 Å². The Labute approximate surface area is 228 Å². The van der Waals surface area contributed by atoms with Gasteiger partial charge in [0.05, 0.1) is 28.6 Å². The quantitative estimate of drug-likeness (QED) is 0.377. The molecule has 226 valence electrons. The predicted molar refractivity (Wildman–Crippen MR) is 128 cm³/mol. The molecular formula is C24H23F7N2O7S. The number of hydrogen-bond donors (Lipinski definition) is 2. The van der Waals surface area contributed by atoms with Crippen LogP contribution in [0.1, 0.15) is 32.8 Å². The number of carbonyl (C=O) groups is 2. The highest BCUT2D eigenvalue weighted by atomic mass is 32.2. The zero-order valence-corrected chi connectivity index (χ0v) is 22.2. The van der Waals surface area contributed by atoms with Crippen molar-refractivity contribution in [1.82, 2.24) is 0 Å². The lowest BCUT2D eigenvalue weighted by atomic mass is 10.0. The van der Waals surface area contributed by atoms with Gasteiger partial charge in [-0.3, -0.25) is 14.4 Å². The predicted octanol–water partition coefficient (Wildman–Crippen LogP) is 5.80. The molecule has 1 aliphatic rings. The normalized spacial score (nSPS) is 16.8. The van der Waals surface area contributed by atoms with Crippen molar-refractivity contribution in [3.63, 3.8) is 0 Å². The van der Waals surface area contributed by atoms with Gasteiger partial charge in [0.1, 0.15) is 17.7 Å². The summed E-state index contributed by atoms with van der Waals surface area (Å²) in [6, 6.07) is 4.20. The molecule has 1 amide bonds. The second-order valence-corrected chi connectivity index (χ2v) is 11.5. The van der Waals surface area contributed by atoms with Crippen molar-refractivity contribution in [2.75, 3.05) is 16.2 Å². The summed E-state index contributed by atoms with van der Waals surface area (Å²) in [4.78, 5) is 22.5. The van der Waals surface area contributed by atoms with Crippen molar-refractivity contribution < 1.29 is 63.3 Å². The first-order valence-corrected chi connectivity index (χ1v) is 13.1. The zero-order chi connectivity index (χ0) is 31.1. The van der Waals surface area contributed by atoms with Crippen molar-refractivity contribution in [2.45, 2.75) is 56.1 Å². The number of nitrogens with one attached hydrogen (secondary N) is 1. The molecule has 1 heterocycles. The summed E-state index contributed by atoms with van der Waals surface area (Å²) in [5.41, 5.74) is -5.37. The number of alkyl halides is 6. The number of anilines is 2. The fraction of sp³-hybridized carbons (Fsp3) is 0.417. The highest BCUT2D eigenvalue weighted by Crippen LogP contribution is 2.41. The number of fused-ring (bicyclic) bond motifs is 1. The van der Waals surface area contributed by atoms with Crippen molar-refractivity contribution in [1.29, 1.82) is 0 Å². The van der Waals surface area contributed by atoms with E-state index in [1.54, 1.807) is 0 Å². The second kappa shape index (κ2) is 10.9. The van der Waals surface area contributed by atoms with Gasteiger partial charge in [-0.1, -0.05) is 6.92 Å². The van der Waals surface area contributed by atoms with Crippen molar-refractivity contribution in [3.8, 4) is 5.75 Å². The summed E-state index contributed by atoms with van der Waals surface area (Å²) < 4.78 is 131. The van der Waals surface area contributed by atoms with E-state index in [4.69, 9.17) is 4.74 Å². The van der Waals surface area contributed by atoms with Gasteiger partial charge < -0.3 is 14.6 Å². The minimum atomic E-state index is -5.24. The van der Waals surface area contributed by atoms with E-state index in [0.29, 0.717) is 30.3 Å². The summed E-state index contributed by atoms with van der Waals surface area (Å²) in [7, 11) is -4.91. The minimum Gasteiger partial charge on any atom is -0.486 e. The van der Waals surface area contributed by atoms with Crippen molar-refractivity contribution in [2.24, 2.45) is 5.92 Å². The van der Waals surface area contributed by atoms with E-state index in [2.05, 4.69) is 4.74 Å². The number of benzene rings is 2. The van der Waals surface area contributed by atoms with Crippen LogP contribution >= 0.6 is 0 Å². The molecular weight excluding hydrogens is 593 g/mol. The lowest BCUT2D eigenvalue weighted by molar-refractivity contribution is -0.242. The smallest absolute Gasteiger partial charge is 0.427 e. The van der Waals surface area contributed by atoms with Crippen LogP contribution in [0.15, 0.2) is 41.3 Å². The molecule has 2 N–H and O–H groups in total. The third-order valence-electron chi connectivity index (χ3n) is 6.04. The van der Waals surface area contributed by atoms with Gasteiger partial charge in [0.2, 0.25) is 5.60 Å². The number of carbonyl (C=O) groups excluding carboxylic acids is 1. The fourth-order valence-electron chi connectivity index (χ4n) is 3.68. The summed E-state index contributed by atoms with van der Waals surface area (Å²) >= 11 is 0. The maximum Gasteiger partial charge on any atom is 0.427 e. The minimum absolute atomic E-state index is 0.0906. The molecule has 0 spiro atoms. The second-order valence-electron chi connectivity index (χ2n) is 9.60. The Hall–Kier alpha value is -3.76. The van der Waals surface area contributed by atoms with Gasteiger partial charge in [-0.15, -0.1) is 0 Å². The van der Waals surface area contributed by atoms with E-state index in [9.17, 15) is 53.8 Å². The highest BCUT2D eigenvalue weighted by Gasteiger charge is 2.51. The van der Waals surface area contributed by atoms with Gasteiger partial charge in [0.15, 0.2) is 0 Å². The number of aliphatic carboxylic acids is 1. The average molecular weight is 617 g/mol. The van der Waals surface area contributed by atoms with Crippen LogP contribution in [-0.4, -0.2) is 50.0 Å². The number of halogens is 7. The standard InChI is InChI=1S/C24H23F7N2O7S/c1-12(20(34)35)8-14-11-33(41(37,38)15-5-6-17(25)16(10-15)23(26,27)28)18-9-13(4-7-19(18)39-14)32-21(36)40-22(2,3)24(29,30)31/h4-7,9-10,12,14H,8,11H2,1-3H3,(H,32,36)(H,34,35). The Bertz CT molecular complexity index is 1440. The van der Waals surface area contributed by atoms with Gasteiger partial charge in [-0.05, 0) is 56.7 Å². The number of nitrogens with zero attached hydrogens (tertiary/aromatic N) is 1. The fourth-order valence-corrected chi connectivity index (χ4v) is 5.20. The molecule has 0 saturated carbocycles. The third-order valence-corrected chi connectivity index (χ3v) is 7.81. The van der Waals surface area contributed by atoms with Gasteiger partial charge in [-0.2, -0.15) is 26.3 Å². The lowest BCUT2D eigenvalue weighted by Gasteiger charge is -2.36.